The molecule has 0 aliphatic carbocycles. The van der Waals surface area contributed by atoms with Crippen molar-refractivity contribution in [1.29, 1.82) is 0 Å². The van der Waals surface area contributed by atoms with Crippen LogP contribution in [0.25, 0.3) is 0 Å². The van der Waals surface area contributed by atoms with E-state index in [9.17, 15) is 4.79 Å². The summed E-state index contributed by atoms with van der Waals surface area (Å²) in [7, 11) is 0. The van der Waals surface area contributed by atoms with Crippen LogP contribution in [0, 0.1) is 6.92 Å². The molecule has 0 unspecified atom stereocenters. The summed E-state index contributed by atoms with van der Waals surface area (Å²) in [6, 6.07) is 11.6. The zero-order valence-electron chi connectivity index (χ0n) is 10.7. The zero-order chi connectivity index (χ0) is 13.0. The molecular formula is C15H17NO2. The second-order valence-corrected chi connectivity index (χ2v) is 4.29. The van der Waals surface area contributed by atoms with Crippen molar-refractivity contribution < 1.29 is 9.21 Å². The molecular weight excluding hydrogens is 226 g/mol. The van der Waals surface area contributed by atoms with Crippen LogP contribution in [-0.2, 0) is 13.0 Å². The van der Waals surface area contributed by atoms with Crippen LogP contribution in [0.4, 0.5) is 0 Å². The molecule has 1 aromatic heterocycles. The molecule has 3 heteroatoms. The number of benzene rings is 1. The van der Waals surface area contributed by atoms with E-state index in [2.05, 4.69) is 11.4 Å². The van der Waals surface area contributed by atoms with Gasteiger partial charge in [-0.25, -0.2) is 0 Å². The van der Waals surface area contributed by atoms with Gasteiger partial charge < -0.3 is 9.73 Å². The molecule has 0 fully saturated rings. The Balaban J connectivity index is 1.96. The quantitative estimate of drug-likeness (QED) is 0.896. The van der Waals surface area contributed by atoms with Crippen LogP contribution in [0.2, 0.25) is 0 Å². The van der Waals surface area contributed by atoms with Crippen LogP contribution in [-0.4, -0.2) is 5.91 Å². The van der Waals surface area contributed by atoms with E-state index in [1.165, 1.54) is 5.56 Å². The van der Waals surface area contributed by atoms with Crippen molar-refractivity contribution in [2.24, 2.45) is 0 Å². The van der Waals surface area contributed by atoms with Gasteiger partial charge in [0.05, 0.1) is 0 Å². The fourth-order valence-corrected chi connectivity index (χ4v) is 1.78. The minimum Gasteiger partial charge on any atom is -0.456 e. The van der Waals surface area contributed by atoms with E-state index >= 15 is 0 Å². The van der Waals surface area contributed by atoms with Crippen molar-refractivity contribution in [1.82, 2.24) is 5.32 Å². The number of amides is 1. The Hall–Kier alpha value is -2.03. The van der Waals surface area contributed by atoms with Crippen molar-refractivity contribution in [3.8, 4) is 0 Å². The molecule has 0 radical (unpaired) electrons. The van der Waals surface area contributed by atoms with E-state index in [1.807, 2.05) is 38.1 Å². The van der Waals surface area contributed by atoms with Gasteiger partial charge in [0.15, 0.2) is 5.76 Å². The average molecular weight is 243 g/mol. The first kappa shape index (κ1) is 12.4. The molecule has 2 aromatic rings. The van der Waals surface area contributed by atoms with Crippen LogP contribution in [0.1, 0.15) is 34.4 Å². The largest absolute Gasteiger partial charge is 0.456 e. The molecule has 0 saturated carbocycles. The van der Waals surface area contributed by atoms with Gasteiger partial charge in [0.25, 0.3) is 5.91 Å². The Labute approximate surface area is 107 Å². The first-order valence-corrected chi connectivity index (χ1v) is 6.11. The molecule has 0 aliphatic heterocycles. The number of rotatable bonds is 4. The smallest absolute Gasteiger partial charge is 0.287 e. The summed E-state index contributed by atoms with van der Waals surface area (Å²) in [6.45, 7) is 4.54. The molecule has 0 aliphatic rings. The highest BCUT2D eigenvalue weighted by molar-refractivity contribution is 5.91. The summed E-state index contributed by atoms with van der Waals surface area (Å²) in [5.41, 5.74) is 2.28. The minimum atomic E-state index is -0.170. The van der Waals surface area contributed by atoms with E-state index in [-0.39, 0.29) is 5.91 Å². The highest BCUT2D eigenvalue weighted by Gasteiger charge is 2.09. The Morgan fingerprint density at radius 3 is 2.78 bits per heavy atom. The van der Waals surface area contributed by atoms with E-state index < -0.39 is 0 Å². The molecule has 1 N–H and O–H groups in total. The second-order valence-electron chi connectivity index (χ2n) is 4.29. The summed E-state index contributed by atoms with van der Waals surface area (Å²) < 4.78 is 5.39. The van der Waals surface area contributed by atoms with Crippen LogP contribution in [0.5, 0.6) is 0 Å². The standard InChI is InChI=1S/C15H17NO2/c1-3-13-7-8-14(18-13)15(17)16-10-12-6-4-5-11(2)9-12/h4-9H,3,10H2,1-2H3,(H,16,17). The SMILES string of the molecule is CCc1ccc(C(=O)NCc2cccc(C)c2)o1. The number of hydrogen-bond acceptors (Lipinski definition) is 2. The fraction of sp³-hybridized carbons (Fsp3) is 0.267. The topological polar surface area (TPSA) is 42.2 Å². The number of carbonyl (C=O) groups excluding carboxylic acids is 1. The van der Waals surface area contributed by atoms with Gasteiger partial charge in [-0.05, 0) is 24.6 Å². The van der Waals surface area contributed by atoms with E-state index in [1.54, 1.807) is 6.07 Å². The lowest BCUT2D eigenvalue weighted by molar-refractivity contribution is 0.0921. The number of carbonyl (C=O) groups is 1. The molecule has 1 aromatic carbocycles. The van der Waals surface area contributed by atoms with Gasteiger partial charge in [0, 0.05) is 13.0 Å². The van der Waals surface area contributed by atoms with Crippen LogP contribution in [0.3, 0.4) is 0 Å². The fourth-order valence-electron chi connectivity index (χ4n) is 1.78. The first-order chi connectivity index (χ1) is 8.69. The van der Waals surface area contributed by atoms with Gasteiger partial charge in [-0.2, -0.15) is 0 Å². The van der Waals surface area contributed by atoms with Gasteiger partial charge in [-0.15, -0.1) is 0 Å². The molecule has 2 rings (SSSR count). The maximum absolute atomic E-state index is 11.8. The predicted molar refractivity (Wildman–Crippen MR) is 70.4 cm³/mol. The van der Waals surface area contributed by atoms with Gasteiger partial charge in [-0.3, -0.25) is 4.79 Å². The Kier molecular flexibility index (Phi) is 3.82. The van der Waals surface area contributed by atoms with Crippen molar-refractivity contribution in [3.63, 3.8) is 0 Å². The van der Waals surface area contributed by atoms with Crippen molar-refractivity contribution in [2.45, 2.75) is 26.8 Å². The third kappa shape index (κ3) is 3.00. The summed E-state index contributed by atoms with van der Waals surface area (Å²) >= 11 is 0. The predicted octanol–water partition coefficient (Wildman–Crippen LogP) is 3.08. The molecule has 1 amide bonds. The highest BCUT2D eigenvalue weighted by Crippen LogP contribution is 2.09. The third-order valence-corrected chi connectivity index (χ3v) is 2.77. The number of aryl methyl sites for hydroxylation is 2. The van der Waals surface area contributed by atoms with Crippen LogP contribution >= 0.6 is 0 Å². The molecule has 3 nitrogen and oxygen atoms in total. The Morgan fingerprint density at radius 2 is 2.11 bits per heavy atom. The lowest BCUT2D eigenvalue weighted by atomic mass is 10.1. The number of nitrogens with one attached hydrogen (secondary N) is 1. The minimum absolute atomic E-state index is 0.170. The molecule has 0 saturated heterocycles. The van der Waals surface area contributed by atoms with E-state index in [0.29, 0.717) is 12.3 Å². The molecule has 18 heavy (non-hydrogen) atoms. The normalized spacial score (nSPS) is 10.3. The first-order valence-electron chi connectivity index (χ1n) is 6.11. The van der Waals surface area contributed by atoms with Crippen molar-refractivity contribution in [2.75, 3.05) is 0 Å². The second kappa shape index (κ2) is 5.54. The summed E-state index contributed by atoms with van der Waals surface area (Å²) in [5, 5.41) is 2.85. The van der Waals surface area contributed by atoms with Crippen molar-refractivity contribution >= 4 is 5.91 Å². The van der Waals surface area contributed by atoms with Crippen molar-refractivity contribution in [3.05, 3.63) is 59.0 Å². The third-order valence-electron chi connectivity index (χ3n) is 2.77. The summed E-state index contributed by atoms with van der Waals surface area (Å²) in [6.07, 6.45) is 0.797. The van der Waals surface area contributed by atoms with Gasteiger partial charge in [0.1, 0.15) is 5.76 Å². The van der Waals surface area contributed by atoms with Gasteiger partial charge in [0.2, 0.25) is 0 Å². The number of furan rings is 1. The van der Waals surface area contributed by atoms with E-state index in [4.69, 9.17) is 4.42 Å². The molecule has 0 bridgehead atoms. The summed E-state index contributed by atoms with van der Waals surface area (Å²) in [5.74, 6) is 1.03. The Bertz CT molecular complexity index is 543. The van der Waals surface area contributed by atoms with Gasteiger partial charge >= 0.3 is 0 Å². The maximum Gasteiger partial charge on any atom is 0.287 e. The van der Waals surface area contributed by atoms with Crippen LogP contribution < -0.4 is 5.32 Å². The molecule has 0 spiro atoms. The van der Waals surface area contributed by atoms with Gasteiger partial charge in [-0.1, -0.05) is 36.8 Å². The molecule has 0 atom stereocenters. The average Bonchev–Trinajstić information content (AvgIpc) is 2.85. The highest BCUT2D eigenvalue weighted by atomic mass is 16.3. The summed E-state index contributed by atoms with van der Waals surface area (Å²) in [4.78, 5) is 11.8. The monoisotopic (exact) mass is 243 g/mol. The van der Waals surface area contributed by atoms with E-state index in [0.717, 1.165) is 17.7 Å². The molecule has 94 valence electrons. The molecule has 1 heterocycles. The zero-order valence-corrected chi connectivity index (χ0v) is 10.7. The Morgan fingerprint density at radius 1 is 1.28 bits per heavy atom. The maximum atomic E-state index is 11.8. The number of hydrogen-bond donors (Lipinski definition) is 1. The lowest BCUT2D eigenvalue weighted by Crippen LogP contribution is -2.22. The van der Waals surface area contributed by atoms with Crippen LogP contribution in [0.15, 0.2) is 40.8 Å². The lowest BCUT2D eigenvalue weighted by Gasteiger charge is -2.04.